The molecule has 94 valence electrons. The molecule has 0 aromatic carbocycles. The molecule has 0 aliphatic carbocycles. The van der Waals surface area contributed by atoms with Crippen molar-refractivity contribution in [2.75, 3.05) is 0 Å². The van der Waals surface area contributed by atoms with Crippen molar-refractivity contribution >= 4 is 141 Å². The van der Waals surface area contributed by atoms with E-state index in [9.17, 15) is 0 Å². The van der Waals surface area contributed by atoms with Crippen molar-refractivity contribution in [3.63, 3.8) is 0 Å². The van der Waals surface area contributed by atoms with Gasteiger partial charge in [-0.1, -0.05) is 0 Å². The number of hydrogen-bond acceptors (Lipinski definition) is 8. The van der Waals surface area contributed by atoms with Gasteiger partial charge in [0.25, 0.3) is 0 Å². The fourth-order valence-corrected chi connectivity index (χ4v) is 0. The van der Waals surface area contributed by atoms with Gasteiger partial charge in [0.15, 0.2) is 0 Å². The van der Waals surface area contributed by atoms with E-state index < -0.39 is 15.6 Å². The Balaban J connectivity index is -0.00000000508. The van der Waals surface area contributed by atoms with Crippen LogP contribution in [0.1, 0.15) is 0 Å². The molecule has 8 nitrogen and oxygen atoms in total. The third kappa shape index (κ3) is 331. The number of hydrogen-bond donors (Lipinski definition) is 0. The van der Waals surface area contributed by atoms with Crippen molar-refractivity contribution in [1.29, 1.82) is 0 Å². The zero-order chi connectivity index (χ0) is 9.00. The van der Waals surface area contributed by atoms with Crippen LogP contribution in [-0.2, 0) is 60.3 Å². The summed E-state index contributed by atoms with van der Waals surface area (Å²) in [7, 11) is -10.8. The second kappa shape index (κ2) is 39.1. The molecule has 0 fully saturated rings. The van der Waals surface area contributed by atoms with E-state index in [-0.39, 0.29) is 177 Å². The Bertz CT molecular complexity index is 153. The molecule has 0 saturated carbocycles. The molecule has 0 amide bonds. The van der Waals surface area contributed by atoms with E-state index in [1.165, 1.54) is 0 Å². The van der Waals surface area contributed by atoms with Gasteiger partial charge in [0.2, 0.25) is 0 Å². The monoisotopic (exact) mass is 454 g/mol. The minimum absolute atomic E-state index is 0. The fraction of sp³-hybridized carbons (Fsp3) is 0. The Hall–Kier alpha value is 5.87. The van der Waals surface area contributed by atoms with Crippen LogP contribution in [0.25, 0.3) is 0 Å². The third-order valence-corrected chi connectivity index (χ3v) is 0. The largest absolute Gasteiger partial charge is 2.00 e. The molecular weight excluding hydrogens is 451 g/mol. The van der Waals surface area contributed by atoms with Gasteiger partial charge in [-0.2, -0.15) is 15.6 Å². The zero-order valence-corrected chi connectivity index (χ0v) is 16.7. The van der Waals surface area contributed by atoms with Crippen molar-refractivity contribution in [2.45, 2.75) is 0 Å². The molecule has 0 aliphatic heterocycles. The van der Waals surface area contributed by atoms with Crippen LogP contribution >= 0.6 is 15.6 Å². The van der Waals surface area contributed by atoms with Crippen LogP contribution in [0.5, 0.6) is 0 Å². The average Bonchev–Trinajstić information content (AvgIpc) is 1.12. The molecule has 0 aromatic heterocycles. The first kappa shape index (κ1) is 73.7. The molecule has 0 heterocycles. The van der Waals surface area contributed by atoms with Crippen LogP contribution in [0.2, 0.25) is 0 Å². The molecule has 19 heteroatoms. The van der Waals surface area contributed by atoms with Gasteiger partial charge in [-0.3, -0.25) is 0 Å². The molecule has 0 atom stereocenters. The van der Waals surface area contributed by atoms with Gasteiger partial charge >= 0.3 is 126 Å². The number of rotatable bonds is 0. The van der Waals surface area contributed by atoms with Crippen molar-refractivity contribution in [2.24, 2.45) is 0 Å². The van der Waals surface area contributed by atoms with Crippen LogP contribution in [0.4, 0.5) is 0 Å². The Morgan fingerprint density at radius 2 is 0.474 bits per heavy atom. The Kier molecular flexibility index (Phi) is 152. The fourth-order valence-electron chi connectivity index (χ4n) is 0. The SMILES string of the molecule is O=P([O-])([O-])[O-].O=P([O-])([O-])[O-].[Fe].[Fe].[Fe].[LiH].[LiH].[LiH].[Mg+2].[Mg+2].[Mg+2]. The molecular formula is H3Fe3Li3Mg3O8P2. The maximum atomic E-state index is 8.55. The summed E-state index contributed by atoms with van der Waals surface area (Å²) in [6.45, 7) is 0. The van der Waals surface area contributed by atoms with Crippen LogP contribution in [0.15, 0.2) is 0 Å². The first-order valence-corrected chi connectivity index (χ1v) is 4.38. The number of phosphoric acid groups is 2. The normalized spacial score (nSPS) is 6.21. The summed E-state index contributed by atoms with van der Waals surface area (Å²) in [6.07, 6.45) is 0. The minimum Gasteiger partial charge on any atom is 2.00 e. The topological polar surface area (TPSA) is 172 Å². The first-order valence-electron chi connectivity index (χ1n) is 1.46. The van der Waals surface area contributed by atoms with Crippen LogP contribution in [0, 0.1) is 0 Å². The zero-order valence-electron chi connectivity index (χ0n) is 7.34. The Labute approximate surface area is 227 Å². The van der Waals surface area contributed by atoms with E-state index in [0.717, 1.165) is 0 Å². The molecule has 0 spiro atoms. The van der Waals surface area contributed by atoms with Crippen molar-refractivity contribution in [1.82, 2.24) is 0 Å². The Morgan fingerprint density at radius 1 is 0.474 bits per heavy atom. The quantitative estimate of drug-likeness (QED) is 0.256. The van der Waals surface area contributed by atoms with Crippen LogP contribution < -0.4 is 29.4 Å². The first-order chi connectivity index (χ1) is 4.00. The van der Waals surface area contributed by atoms with Crippen LogP contribution in [0.3, 0.4) is 0 Å². The molecule has 0 saturated heterocycles. The summed E-state index contributed by atoms with van der Waals surface area (Å²) >= 11 is 0. The summed E-state index contributed by atoms with van der Waals surface area (Å²) in [5.74, 6) is 0. The molecule has 0 rings (SSSR count). The molecule has 0 bridgehead atoms. The van der Waals surface area contributed by atoms with Gasteiger partial charge in [0.1, 0.15) is 0 Å². The molecule has 0 N–H and O–H groups in total. The predicted molar refractivity (Wildman–Crippen MR) is 53.9 cm³/mol. The van der Waals surface area contributed by atoms with Gasteiger partial charge < -0.3 is 38.5 Å². The molecule has 0 aliphatic rings. The standard InChI is InChI=1S/3Fe.3Li.3Mg.2H3O4P.3H/c;;;;;;;;;2*1-5(2,3)4;;;/h;;;;;;;;;2*(H3,1,2,3,4);;;/q;;;;;;3*+2;;;;;/p-6. The van der Waals surface area contributed by atoms with Gasteiger partial charge in [0.05, 0.1) is 0 Å². The minimum atomic E-state index is -5.39. The van der Waals surface area contributed by atoms with E-state index >= 15 is 0 Å². The summed E-state index contributed by atoms with van der Waals surface area (Å²) < 4.78 is 17.1. The summed E-state index contributed by atoms with van der Waals surface area (Å²) in [5, 5.41) is 0. The van der Waals surface area contributed by atoms with E-state index in [4.69, 9.17) is 38.5 Å². The van der Waals surface area contributed by atoms with Gasteiger partial charge in [-0.05, 0) is 0 Å². The Morgan fingerprint density at radius 3 is 0.474 bits per heavy atom. The molecule has 19 heavy (non-hydrogen) atoms. The van der Waals surface area contributed by atoms with E-state index in [2.05, 4.69) is 0 Å². The molecule has 0 radical (unpaired) electrons. The predicted octanol–water partition coefficient (Wildman–Crippen LogP) is -8.74. The van der Waals surface area contributed by atoms with E-state index in [0.29, 0.717) is 0 Å². The maximum absolute atomic E-state index is 8.55. The van der Waals surface area contributed by atoms with Crippen molar-refractivity contribution in [3.05, 3.63) is 0 Å². The summed E-state index contributed by atoms with van der Waals surface area (Å²) in [6, 6.07) is 0. The van der Waals surface area contributed by atoms with Gasteiger partial charge in [0, 0.05) is 51.2 Å². The third-order valence-electron chi connectivity index (χ3n) is 0. The van der Waals surface area contributed by atoms with Crippen molar-refractivity contribution < 1.29 is 89.7 Å². The van der Waals surface area contributed by atoms with E-state index in [1.807, 2.05) is 0 Å². The van der Waals surface area contributed by atoms with Gasteiger partial charge in [-0.25, -0.2) is 0 Å². The molecule has 0 aromatic rings. The molecule has 0 unspecified atom stereocenters. The van der Waals surface area contributed by atoms with E-state index in [1.54, 1.807) is 0 Å². The summed E-state index contributed by atoms with van der Waals surface area (Å²) in [4.78, 5) is 51.3. The smallest absolute Gasteiger partial charge is 2.00 e. The van der Waals surface area contributed by atoms with Gasteiger partial charge in [-0.15, -0.1) is 0 Å². The average molecular weight is 454 g/mol. The second-order valence-electron chi connectivity index (χ2n) is 0.894. The van der Waals surface area contributed by atoms with Crippen molar-refractivity contribution in [3.8, 4) is 0 Å². The van der Waals surface area contributed by atoms with Crippen LogP contribution in [-0.4, -0.2) is 126 Å². The summed E-state index contributed by atoms with van der Waals surface area (Å²) in [5.41, 5.74) is 0. The second-order valence-corrected chi connectivity index (χ2v) is 2.68. The maximum Gasteiger partial charge on any atom is 2.00 e.